The fourth-order valence-electron chi connectivity index (χ4n) is 9.24. The average molecular weight is 521 g/mol. The second-order valence-corrected chi connectivity index (χ2v) is 13.7. The molecule has 4 aliphatic rings. The van der Waals surface area contributed by atoms with E-state index in [0.717, 1.165) is 54.8 Å². The summed E-state index contributed by atoms with van der Waals surface area (Å²) in [5.41, 5.74) is 2.28. The molecule has 5 heteroatoms. The number of hydrogen-bond acceptors (Lipinski definition) is 4. The highest BCUT2D eigenvalue weighted by Gasteiger charge is 2.59. The third kappa shape index (κ3) is 5.54. The van der Waals surface area contributed by atoms with Gasteiger partial charge in [0.2, 0.25) is 0 Å². The van der Waals surface area contributed by atoms with Crippen molar-refractivity contribution in [1.82, 2.24) is 0 Å². The second-order valence-electron chi connectivity index (χ2n) is 13.6. The molecule has 3 saturated carbocycles. The van der Waals surface area contributed by atoms with Gasteiger partial charge in [-0.25, -0.2) is 0 Å². The molecule has 204 valence electrons. The maximum absolute atomic E-state index is 12.3. The van der Waals surface area contributed by atoms with Crippen molar-refractivity contribution in [3.63, 3.8) is 0 Å². The summed E-state index contributed by atoms with van der Waals surface area (Å²) >= 11 is 5.06. The number of carbonyl (C=O) groups is 2. The number of ether oxygens (including phenoxy) is 1. The van der Waals surface area contributed by atoms with Gasteiger partial charge in [-0.05, 0) is 91.3 Å². The third-order valence-corrected chi connectivity index (χ3v) is 11.3. The summed E-state index contributed by atoms with van der Waals surface area (Å²) in [6.07, 6.45) is 16.3. The van der Waals surface area contributed by atoms with E-state index < -0.39 is 5.97 Å². The van der Waals surface area contributed by atoms with Crippen LogP contribution >= 0.6 is 11.9 Å². The molecular weight excluding hydrogens is 472 g/mol. The van der Waals surface area contributed by atoms with E-state index in [0.29, 0.717) is 5.41 Å². The Morgan fingerprint density at radius 2 is 1.75 bits per heavy atom. The minimum atomic E-state index is -0.589. The molecule has 0 saturated heterocycles. The number of fused-ring (bicyclic) bond motifs is 5. The number of allylic oxidation sites excluding steroid dienone is 1. The van der Waals surface area contributed by atoms with Crippen molar-refractivity contribution in [1.29, 1.82) is 0 Å². The van der Waals surface area contributed by atoms with Gasteiger partial charge >= 0.3 is 11.9 Å². The van der Waals surface area contributed by atoms with Crippen molar-refractivity contribution in [3.8, 4) is 0 Å². The van der Waals surface area contributed by atoms with Crippen LogP contribution in [0.5, 0.6) is 0 Å². The average Bonchev–Trinajstić information content (AvgIpc) is 3.19. The molecule has 4 nitrogen and oxygen atoms in total. The Bertz CT molecular complexity index is 836. The summed E-state index contributed by atoms with van der Waals surface area (Å²) in [6.45, 7) is 12.4. The van der Waals surface area contributed by atoms with Crippen LogP contribution in [-0.2, 0) is 18.6 Å². The fourth-order valence-corrected chi connectivity index (χ4v) is 9.32. The molecular formula is C31H49ClO4. The first-order chi connectivity index (χ1) is 17.1. The van der Waals surface area contributed by atoms with Crippen molar-refractivity contribution in [2.45, 2.75) is 124 Å². The number of rotatable bonds is 9. The minimum absolute atomic E-state index is 0.0282. The Morgan fingerprint density at radius 3 is 2.47 bits per heavy atom. The standard InChI is InChI=1S/C31H49ClO4/c1-20(2)7-6-8-21(3)25-11-12-26-24-10-9-22-19-23(35-28(33)13-14-29(34)36-32)15-17-30(22,4)27(24)16-18-31(25,26)5/h9,20-21,23-27H,6-8,10-19H2,1-5H3/t21-,23+,24+,25-,26+,27+,30+,31-/m1/s1. The van der Waals surface area contributed by atoms with E-state index in [1.54, 1.807) is 0 Å². The maximum atomic E-state index is 12.3. The van der Waals surface area contributed by atoms with Crippen LogP contribution in [-0.4, -0.2) is 18.0 Å². The van der Waals surface area contributed by atoms with Crippen molar-refractivity contribution in [2.75, 3.05) is 0 Å². The molecule has 0 bridgehead atoms. The molecule has 36 heavy (non-hydrogen) atoms. The fraction of sp³-hybridized carbons (Fsp3) is 0.871. The van der Waals surface area contributed by atoms with Gasteiger partial charge in [0.1, 0.15) is 18.0 Å². The number of carbonyl (C=O) groups excluding carboxylic acids is 2. The lowest BCUT2D eigenvalue weighted by Crippen LogP contribution is -2.51. The van der Waals surface area contributed by atoms with Gasteiger partial charge in [0.25, 0.3) is 0 Å². The zero-order chi connectivity index (χ0) is 26.1. The van der Waals surface area contributed by atoms with Gasteiger partial charge in [-0.3, -0.25) is 9.59 Å². The van der Waals surface area contributed by atoms with Crippen LogP contribution in [0, 0.1) is 46.3 Å². The topological polar surface area (TPSA) is 52.6 Å². The van der Waals surface area contributed by atoms with E-state index in [1.165, 1.54) is 56.9 Å². The summed E-state index contributed by atoms with van der Waals surface area (Å²) < 4.78 is 9.88. The zero-order valence-electron chi connectivity index (χ0n) is 23.3. The molecule has 0 aromatic rings. The summed E-state index contributed by atoms with van der Waals surface area (Å²) in [6, 6.07) is 0. The van der Waals surface area contributed by atoms with Gasteiger partial charge < -0.3 is 9.03 Å². The summed E-state index contributed by atoms with van der Waals surface area (Å²) in [7, 11) is 0. The van der Waals surface area contributed by atoms with Gasteiger partial charge in [0, 0.05) is 6.42 Å². The van der Waals surface area contributed by atoms with Gasteiger partial charge in [-0.1, -0.05) is 65.5 Å². The quantitative estimate of drug-likeness (QED) is 0.226. The maximum Gasteiger partial charge on any atom is 0.325 e. The van der Waals surface area contributed by atoms with Gasteiger partial charge in [0.15, 0.2) is 0 Å². The van der Waals surface area contributed by atoms with Gasteiger partial charge in [0.05, 0.1) is 12.8 Å². The van der Waals surface area contributed by atoms with Crippen LogP contribution in [0.4, 0.5) is 0 Å². The number of hydrogen-bond donors (Lipinski definition) is 0. The molecule has 0 aromatic heterocycles. The molecule has 0 amide bonds. The van der Waals surface area contributed by atoms with Crippen molar-refractivity contribution >= 4 is 23.8 Å². The first kappa shape index (κ1) is 28.0. The number of esters is 1. The Labute approximate surface area is 224 Å². The van der Waals surface area contributed by atoms with Crippen LogP contribution in [0.15, 0.2) is 11.6 Å². The van der Waals surface area contributed by atoms with Gasteiger partial charge in [-0.15, -0.1) is 0 Å². The molecule has 4 aliphatic carbocycles. The first-order valence-electron chi connectivity index (χ1n) is 14.8. The molecule has 3 fully saturated rings. The Balaban J connectivity index is 1.38. The summed E-state index contributed by atoms with van der Waals surface area (Å²) in [5, 5.41) is 0. The van der Waals surface area contributed by atoms with E-state index in [1.807, 2.05) is 0 Å². The molecule has 0 aromatic carbocycles. The van der Waals surface area contributed by atoms with E-state index in [2.05, 4.69) is 45.0 Å². The monoisotopic (exact) mass is 520 g/mol. The normalized spacial score (nSPS) is 38.4. The zero-order valence-corrected chi connectivity index (χ0v) is 24.1. The largest absolute Gasteiger partial charge is 0.462 e. The lowest BCUT2D eigenvalue weighted by Gasteiger charge is -2.58. The highest BCUT2D eigenvalue weighted by atomic mass is 35.5. The minimum Gasteiger partial charge on any atom is -0.462 e. The van der Waals surface area contributed by atoms with Crippen LogP contribution in [0.2, 0.25) is 0 Å². The SMILES string of the molecule is CC(C)CCC[C@@H](C)[C@H]1CC[C@H]2[C@@H]3CC=C4C[C@@H](OC(=O)CCC(=O)OCl)CC[C@]4(C)[C@H]3CC[C@]12C. The third-order valence-electron chi connectivity index (χ3n) is 11.2. The summed E-state index contributed by atoms with van der Waals surface area (Å²) in [4.78, 5) is 23.5. The number of halogens is 1. The predicted molar refractivity (Wildman–Crippen MR) is 144 cm³/mol. The lowest BCUT2D eigenvalue weighted by atomic mass is 9.47. The molecule has 4 rings (SSSR count). The van der Waals surface area contributed by atoms with E-state index in [4.69, 9.17) is 16.6 Å². The molecule has 0 unspecified atom stereocenters. The second kappa shape index (κ2) is 11.4. The van der Waals surface area contributed by atoms with Crippen molar-refractivity contribution in [3.05, 3.63) is 11.6 Å². The predicted octanol–water partition coefficient (Wildman–Crippen LogP) is 8.42. The van der Waals surface area contributed by atoms with Crippen LogP contribution in [0.3, 0.4) is 0 Å². The molecule has 0 N–H and O–H groups in total. The molecule has 0 heterocycles. The van der Waals surface area contributed by atoms with Crippen molar-refractivity contribution in [2.24, 2.45) is 46.3 Å². The smallest absolute Gasteiger partial charge is 0.325 e. The Kier molecular flexibility index (Phi) is 8.85. The van der Waals surface area contributed by atoms with E-state index >= 15 is 0 Å². The first-order valence-corrected chi connectivity index (χ1v) is 15.1. The van der Waals surface area contributed by atoms with Crippen LogP contribution in [0.1, 0.15) is 118 Å². The molecule has 0 aliphatic heterocycles. The Hall–Kier alpha value is -1.03. The molecule has 8 atom stereocenters. The van der Waals surface area contributed by atoms with E-state index in [-0.39, 0.29) is 30.3 Å². The van der Waals surface area contributed by atoms with Crippen LogP contribution in [0.25, 0.3) is 0 Å². The summed E-state index contributed by atoms with van der Waals surface area (Å²) in [5.74, 6) is 4.07. The Morgan fingerprint density at radius 1 is 1.00 bits per heavy atom. The lowest BCUT2D eigenvalue weighted by molar-refractivity contribution is -0.153. The highest BCUT2D eigenvalue weighted by molar-refractivity contribution is 6.13. The van der Waals surface area contributed by atoms with Crippen molar-refractivity contribution < 1.29 is 18.6 Å². The molecule has 0 spiro atoms. The van der Waals surface area contributed by atoms with Gasteiger partial charge in [-0.2, -0.15) is 0 Å². The van der Waals surface area contributed by atoms with Crippen LogP contribution < -0.4 is 0 Å². The highest BCUT2D eigenvalue weighted by Crippen LogP contribution is 2.67. The molecule has 0 radical (unpaired) electrons. The van der Waals surface area contributed by atoms with E-state index in [9.17, 15) is 9.59 Å².